The molecular weight excluding hydrogens is 158 g/mol. The summed E-state index contributed by atoms with van der Waals surface area (Å²) in [5.41, 5.74) is 0. The first-order valence-corrected chi connectivity index (χ1v) is 5.81. The highest BCUT2D eigenvalue weighted by Gasteiger charge is 2.06. The summed E-state index contributed by atoms with van der Waals surface area (Å²) in [6.07, 6.45) is 12.9. The fourth-order valence-electron chi connectivity index (χ4n) is 1.81. The van der Waals surface area contributed by atoms with Crippen LogP contribution in [0.1, 0.15) is 45.4 Å². The Bertz CT molecular complexity index is 134. The third-order valence-electron chi connectivity index (χ3n) is 2.70. The Balaban J connectivity index is 2.00. The molecule has 0 saturated carbocycles. The first-order chi connectivity index (χ1) is 6.43. The molecular formula is C12H23N. The zero-order chi connectivity index (χ0) is 9.36. The Morgan fingerprint density at radius 3 is 2.54 bits per heavy atom. The highest BCUT2D eigenvalue weighted by atomic mass is 15.1. The first-order valence-electron chi connectivity index (χ1n) is 5.81. The van der Waals surface area contributed by atoms with Gasteiger partial charge in [-0.1, -0.05) is 38.3 Å². The van der Waals surface area contributed by atoms with Crippen LogP contribution in [0.3, 0.4) is 0 Å². The van der Waals surface area contributed by atoms with Crippen LogP contribution in [-0.4, -0.2) is 24.5 Å². The molecule has 13 heavy (non-hydrogen) atoms. The van der Waals surface area contributed by atoms with Gasteiger partial charge < -0.3 is 0 Å². The van der Waals surface area contributed by atoms with Gasteiger partial charge in [-0.2, -0.15) is 0 Å². The second-order valence-electron chi connectivity index (χ2n) is 3.97. The number of unbranched alkanes of at least 4 members (excludes halogenated alkanes) is 2. The Hall–Kier alpha value is -0.300. The summed E-state index contributed by atoms with van der Waals surface area (Å²) < 4.78 is 0. The van der Waals surface area contributed by atoms with Crippen molar-refractivity contribution >= 4 is 0 Å². The van der Waals surface area contributed by atoms with E-state index in [4.69, 9.17) is 0 Å². The smallest absolute Gasteiger partial charge is 0.0163 e. The van der Waals surface area contributed by atoms with Crippen LogP contribution < -0.4 is 0 Å². The fourth-order valence-corrected chi connectivity index (χ4v) is 1.81. The van der Waals surface area contributed by atoms with Gasteiger partial charge in [-0.15, -0.1) is 0 Å². The minimum atomic E-state index is 1.18. The molecule has 1 fully saturated rings. The molecule has 0 radical (unpaired) electrons. The second-order valence-corrected chi connectivity index (χ2v) is 3.97. The van der Waals surface area contributed by atoms with E-state index in [9.17, 15) is 0 Å². The van der Waals surface area contributed by atoms with E-state index in [0.717, 1.165) is 0 Å². The van der Waals surface area contributed by atoms with Crippen LogP contribution in [-0.2, 0) is 0 Å². The Labute approximate surface area is 82.8 Å². The lowest BCUT2D eigenvalue weighted by atomic mass is 10.1. The molecule has 1 aliphatic heterocycles. The molecule has 0 N–H and O–H groups in total. The fraction of sp³-hybridized carbons (Fsp3) is 0.833. The van der Waals surface area contributed by atoms with Crippen molar-refractivity contribution in [2.45, 2.75) is 45.4 Å². The Morgan fingerprint density at radius 2 is 1.85 bits per heavy atom. The maximum absolute atomic E-state index is 2.56. The number of rotatable bonds is 5. The van der Waals surface area contributed by atoms with Crippen molar-refractivity contribution in [3.05, 3.63) is 12.2 Å². The lowest BCUT2D eigenvalue weighted by Gasteiger charge is -2.24. The summed E-state index contributed by atoms with van der Waals surface area (Å²) in [6, 6.07) is 0. The molecule has 0 aromatic carbocycles. The molecule has 0 spiro atoms. The molecule has 0 aromatic heterocycles. The van der Waals surface area contributed by atoms with Gasteiger partial charge in [0.1, 0.15) is 0 Å². The van der Waals surface area contributed by atoms with Crippen LogP contribution in [0.5, 0.6) is 0 Å². The predicted octanol–water partition coefficient (Wildman–Crippen LogP) is 3.22. The number of hydrogen-bond acceptors (Lipinski definition) is 1. The zero-order valence-corrected chi connectivity index (χ0v) is 8.97. The van der Waals surface area contributed by atoms with Crippen molar-refractivity contribution in [3.63, 3.8) is 0 Å². The summed E-state index contributed by atoms with van der Waals surface area (Å²) in [6.45, 7) is 6.07. The largest absolute Gasteiger partial charge is 0.300 e. The van der Waals surface area contributed by atoms with Gasteiger partial charge in [0.25, 0.3) is 0 Å². The summed E-state index contributed by atoms with van der Waals surface area (Å²) >= 11 is 0. The Kier molecular flexibility index (Phi) is 5.92. The van der Waals surface area contributed by atoms with Gasteiger partial charge in [0.05, 0.1) is 0 Å². The molecule has 0 bridgehead atoms. The van der Waals surface area contributed by atoms with Crippen molar-refractivity contribution in [1.29, 1.82) is 0 Å². The molecule has 0 aliphatic carbocycles. The first kappa shape index (κ1) is 10.8. The van der Waals surface area contributed by atoms with Gasteiger partial charge in [0.2, 0.25) is 0 Å². The Morgan fingerprint density at radius 1 is 1.08 bits per heavy atom. The SMILES string of the molecule is CCCCC=CCN1CCCCC1. The molecule has 1 heterocycles. The predicted molar refractivity (Wildman–Crippen MR) is 59.0 cm³/mol. The van der Waals surface area contributed by atoms with E-state index in [1.54, 1.807) is 0 Å². The van der Waals surface area contributed by atoms with E-state index in [0.29, 0.717) is 0 Å². The van der Waals surface area contributed by atoms with Gasteiger partial charge in [-0.25, -0.2) is 0 Å². The maximum Gasteiger partial charge on any atom is 0.0163 e. The molecule has 1 rings (SSSR count). The van der Waals surface area contributed by atoms with Crippen LogP contribution in [0.4, 0.5) is 0 Å². The van der Waals surface area contributed by atoms with Crippen molar-refractivity contribution in [2.75, 3.05) is 19.6 Å². The lowest BCUT2D eigenvalue weighted by Crippen LogP contribution is -2.29. The van der Waals surface area contributed by atoms with Crippen LogP contribution in [0, 0.1) is 0 Å². The van der Waals surface area contributed by atoms with Crippen molar-refractivity contribution in [1.82, 2.24) is 4.90 Å². The highest BCUT2D eigenvalue weighted by molar-refractivity contribution is 4.85. The van der Waals surface area contributed by atoms with Gasteiger partial charge in [-0.05, 0) is 32.4 Å². The maximum atomic E-state index is 2.56. The van der Waals surface area contributed by atoms with Crippen molar-refractivity contribution in [2.24, 2.45) is 0 Å². The summed E-state index contributed by atoms with van der Waals surface area (Å²) in [7, 11) is 0. The summed E-state index contributed by atoms with van der Waals surface area (Å²) in [5, 5.41) is 0. The molecule has 0 aromatic rings. The molecule has 0 atom stereocenters. The van der Waals surface area contributed by atoms with E-state index < -0.39 is 0 Å². The molecule has 76 valence electrons. The summed E-state index contributed by atoms with van der Waals surface area (Å²) in [5.74, 6) is 0. The van der Waals surface area contributed by atoms with Crippen molar-refractivity contribution in [3.8, 4) is 0 Å². The monoisotopic (exact) mass is 181 g/mol. The van der Waals surface area contributed by atoms with E-state index in [1.165, 1.54) is 58.2 Å². The van der Waals surface area contributed by atoms with Crippen LogP contribution >= 0.6 is 0 Å². The lowest BCUT2D eigenvalue weighted by molar-refractivity contribution is 0.251. The average molecular weight is 181 g/mol. The van der Waals surface area contributed by atoms with E-state index >= 15 is 0 Å². The molecule has 1 aliphatic rings. The minimum absolute atomic E-state index is 1.18. The number of allylic oxidation sites excluding steroid dienone is 1. The number of hydrogen-bond donors (Lipinski definition) is 0. The molecule has 0 unspecified atom stereocenters. The molecule has 0 amide bonds. The van der Waals surface area contributed by atoms with Gasteiger partial charge in [0.15, 0.2) is 0 Å². The average Bonchev–Trinajstić information content (AvgIpc) is 2.19. The van der Waals surface area contributed by atoms with E-state index in [2.05, 4.69) is 24.0 Å². The second kappa shape index (κ2) is 7.14. The van der Waals surface area contributed by atoms with E-state index in [-0.39, 0.29) is 0 Å². The zero-order valence-electron chi connectivity index (χ0n) is 8.97. The quantitative estimate of drug-likeness (QED) is 0.465. The third-order valence-corrected chi connectivity index (χ3v) is 2.70. The summed E-state index contributed by atoms with van der Waals surface area (Å²) in [4.78, 5) is 2.56. The topological polar surface area (TPSA) is 3.24 Å². The number of nitrogens with zero attached hydrogens (tertiary/aromatic N) is 1. The van der Waals surface area contributed by atoms with Gasteiger partial charge >= 0.3 is 0 Å². The van der Waals surface area contributed by atoms with Crippen LogP contribution in [0.15, 0.2) is 12.2 Å². The molecule has 1 saturated heterocycles. The minimum Gasteiger partial charge on any atom is -0.300 e. The molecule has 1 nitrogen and oxygen atoms in total. The van der Waals surface area contributed by atoms with Crippen LogP contribution in [0.25, 0.3) is 0 Å². The van der Waals surface area contributed by atoms with E-state index in [1.807, 2.05) is 0 Å². The normalized spacial score (nSPS) is 19.8. The number of piperidine rings is 1. The third kappa shape index (κ3) is 5.09. The van der Waals surface area contributed by atoms with Crippen LogP contribution in [0.2, 0.25) is 0 Å². The molecule has 1 heteroatoms. The highest BCUT2D eigenvalue weighted by Crippen LogP contribution is 2.08. The van der Waals surface area contributed by atoms with Crippen molar-refractivity contribution < 1.29 is 0 Å². The van der Waals surface area contributed by atoms with Gasteiger partial charge in [-0.3, -0.25) is 4.90 Å². The van der Waals surface area contributed by atoms with Gasteiger partial charge in [0, 0.05) is 6.54 Å². The number of likely N-dealkylation sites (tertiary alicyclic amines) is 1. The standard InChI is InChI=1S/C12H23N/c1-2-3-4-5-7-10-13-11-8-6-9-12-13/h5,7H,2-4,6,8-12H2,1H3.